The van der Waals surface area contributed by atoms with Gasteiger partial charge in [-0.05, 0) is 13.0 Å². The molecule has 0 saturated heterocycles. The second-order valence-corrected chi connectivity index (χ2v) is 4.00. The summed E-state index contributed by atoms with van der Waals surface area (Å²) in [6.07, 6.45) is 5.24. The highest BCUT2D eigenvalue weighted by Gasteiger charge is 2.04. The molecular formula is C11H13ClN4. The Morgan fingerprint density at radius 2 is 2.25 bits per heavy atom. The van der Waals surface area contributed by atoms with Gasteiger partial charge in [0, 0.05) is 31.0 Å². The van der Waals surface area contributed by atoms with Gasteiger partial charge in [0.25, 0.3) is 0 Å². The number of aromatic nitrogens is 3. The zero-order valence-corrected chi connectivity index (χ0v) is 9.99. The Hall–Kier alpha value is -1.55. The lowest BCUT2D eigenvalue weighted by Crippen LogP contribution is -2.02. The predicted molar refractivity (Wildman–Crippen MR) is 64.5 cm³/mol. The minimum absolute atomic E-state index is 0.677. The van der Waals surface area contributed by atoms with Crippen molar-refractivity contribution in [3.05, 3.63) is 40.9 Å². The van der Waals surface area contributed by atoms with Gasteiger partial charge in [-0.1, -0.05) is 11.6 Å². The third kappa shape index (κ3) is 2.17. The molecule has 0 aromatic carbocycles. The summed E-state index contributed by atoms with van der Waals surface area (Å²) in [5.41, 5.74) is 3.14. The van der Waals surface area contributed by atoms with Crippen LogP contribution in [-0.2, 0) is 13.6 Å². The number of halogens is 1. The van der Waals surface area contributed by atoms with Gasteiger partial charge in [0.05, 0.1) is 23.1 Å². The molecule has 0 aliphatic carbocycles. The van der Waals surface area contributed by atoms with Crippen LogP contribution in [0.25, 0.3) is 0 Å². The normalized spacial score (nSPS) is 10.4. The van der Waals surface area contributed by atoms with Crippen molar-refractivity contribution in [2.75, 3.05) is 5.32 Å². The highest BCUT2D eigenvalue weighted by atomic mass is 35.5. The van der Waals surface area contributed by atoms with Gasteiger partial charge in [0.15, 0.2) is 0 Å². The van der Waals surface area contributed by atoms with Crippen LogP contribution >= 0.6 is 11.6 Å². The SMILES string of the molecule is Cc1c(CNc2cnccc2Cl)cnn1C. The maximum absolute atomic E-state index is 6.01. The van der Waals surface area contributed by atoms with E-state index in [1.807, 2.05) is 24.9 Å². The van der Waals surface area contributed by atoms with Gasteiger partial charge >= 0.3 is 0 Å². The fraction of sp³-hybridized carbons (Fsp3) is 0.273. The van der Waals surface area contributed by atoms with E-state index in [-0.39, 0.29) is 0 Å². The minimum Gasteiger partial charge on any atom is -0.378 e. The Bertz CT molecular complexity index is 492. The molecule has 4 nitrogen and oxygen atoms in total. The topological polar surface area (TPSA) is 42.7 Å². The number of aryl methyl sites for hydroxylation is 1. The van der Waals surface area contributed by atoms with Crippen LogP contribution < -0.4 is 5.32 Å². The van der Waals surface area contributed by atoms with Crippen LogP contribution in [0.3, 0.4) is 0 Å². The number of nitrogens with zero attached hydrogens (tertiary/aromatic N) is 3. The number of hydrogen-bond donors (Lipinski definition) is 1. The lowest BCUT2D eigenvalue weighted by atomic mass is 10.2. The average Bonchev–Trinajstić information content (AvgIpc) is 2.59. The first-order valence-corrected chi connectivity index (χ1v) is 5.37. The maximum Gasteiger partial charge on any atom is 0.0718 e. The molecular weight excluding hydrogens is 224 g/mol. The lowest BCUT2D eigenvalue weighted by molar-refractivity contribution is 0.738. The Morgan fingerprint density at radius 3 is 2.88 bits per heavy atom. The molecule has 0 unspecified atom stereocenters. The average molecular weight is 237 g/mol. The molecule has 0 amide bonds. The standard InChI is InChI=1S/C11H13ClN4/c1-8-9(6-15-16(8)2)5-14-11-7-13-4-3-10(11)12/h3-4,6-7,14H,5H2,1-2H3. The molecule has 0 radical (unpaired) electrons. The Labute approximate surface area is 99.3 Å². The van der Waals surface area contributed by atoms with E-state index in [4.69, 9.17) is 11.6 Å². The first kappa shape index (κ1) is 11.0. The summed E-state index contributed by atoms with van der Waals surface area (Å²) in [4.78, 5) is 4.02. The monoisotopic (exact) mass is 236 g/mol. The molecule has 1 N–H and O–H groups in total. The van der Waals surface area contributed by atoms with E-state index in [0.717, 1.165) is 16.9 Å². The molecule has 16 heavy (non-hydrogen) atoms. The van der Waals surface area contributed by atoms with Crippen molar-refractivity contribution in [1.82, 2.24) is 14.8 Å². The summed E-state index contributed by atoms with van der Waals surface area (Å²) >= 11 is 6.01. The van der Waals surface area contributed by atoms with Crippen LogP contribution in [0.15, 0.2) is 24.7 Å². The van der Waals surface area contributed by atoms with Crippen LogP contribution in [0.2, 0.25) is 5.02 Å². The molecule has 0 spiro atoms. The number of anilines is 1. The second-order valence-electron chi connectivity index (χ2n) is 3.59. The van der Waals surface area contributed by atoms with E-state index >= 15 is 0 Å². The maximum atomic E-state index is 6.01. The first-order valence-electron chi connectivity index (χ1n) is 4.99. The Morgan fingerprint density at radius 1 is 1.44 bits per heavy atom. The predicted octanol–water partition coefficient (Wildman–Crippen LogP) is 2.39. The first-order chi connectivity index (χ1) is 7.68. The summed E-state index contributed by atoms with van der Waals surface area (Å²) in [5, 5.41) is 8.09. The number of rotatable bonds is 3. The smallest absolute Gasteiger partial charge is 0.0718 e. The summed E-state index contributed by atoms with van der Waals surface area (Å²) < 4.78 is 1.85. The lowest BCUT2D eigenvalue weighted by Gasteiger charge is -2.06. The number of nitrogens with one attached hydrogen (secondary N) is 1. The van der Waals surface area contributed by atoms with E-state index in [0.29, 0.717) is 11.6 Å². The molecule has 84 valence electrons. The van der Waals surface area contributed by atoms with Crippen LogP contribution in [-0.4, -0.2) is 14.8 Å². The molecule has 2 aromatic heterocycles. The van der Waals surface area contributed by atoms with Gasteiger partial charge in [0.1, 0.15) is 0 Å². The molecule has 2 heterocycles. The zero-order chi connectivity index (χ0) is 11.5. The van der Waals surface area contributed by atoms with Gasteiger partial charge in [-0.15, -0.1) is 0 Å². The van der Waals surface area contributed by atoms with Crippen molar-refractivity contribution in [1.29, 1.82) is 0 Å². The van der Waals surface area contributed by atoms with E-state index < -0.39 is 0 Å². The highest BCUT2D eigenvalue weighted by molar-refractivity contribution is 6.33. The molecule has 0 saturated carbocycles. The van der Waals surface area contributed by atoms with Crippen molar-refractivity contribution in [2.24, 2.45) is 7.05 Å². The van der Waals surface area contributed by atoms with Crippen LogP contribution in [0.1, 0.15) is 11.3 Å². The van der Waals surface area contributed by atoms with Crippen molar-refractivity contribution in [3.63, 3.8) is 0 Å². The van der Waals surface area contributed by atoms with Crippen molar-refractivity contribution in [3.8, 4) is 0 Å². The summed E-state index contributed by atoms with van der Waals surface area (Å²) in [6.45, 7) is 2.74. The Kier molecular flexibility index (Phi) is 3.10. The third-order valence-electron chi connectivity index (χ3n) is 2.57. The second kappa shape index (κ2) is 4.53. The summed E-state index contributed by atoms with van der Waals surface area (Å²) in [5.74, 6) is 0. The van der Waals surface area contributed by atoms with Gasteiger partial charge in [-0.25, -0.2) is 0 Å². The fourth-order valence-electron chi connectivity index (χ4n) is 1.42. The molecule has 0 aliphatic rings. The van der Waals surface area contributed by atoms with Crippen molar-refractivity contribution in [2.45, 2.75) is 13.5 Å². The molecule has 5 heteroatoms. The van der Waals surface area contributed by atoms with Crippen LogP contribution in [0.5, 0.6) is 0 Å². The third-order valence-corrected chi connectivity index (χ3v) is 2.90. The molecule has 2 rings (SSSR count). The minimum atomic E-state index is 0.677. The van der Waals surface area contributed by atoms with E-state index in [1.165, 1.54) is 0 Å². The van der Waals surface area contributed by atoms with Gasteiger partial charge in [0.2, 0.25) is 0 Å². The van der Waals surface area contributed by atoms with Crippen LogP contribution in [0, 0.1) is 6.92 Å². The van der Waals surface area contributed by atoms with Crippen molar-refractivity contribution < 1.29 is 0 Å². The van der Waals surface area contributed by atoms with Gasteiger partial charge in [-0.2, -0.15) is 5.10 Å². The molecule has 0 aliphatic heterocycles. The Balaban J connectivity index is 2.08. The number of pyridine rings is 1. The molecule has 0 atom stereocenters. The van der Waals surface area contributed by atoms with Gasteiger partial charge in [-0.3, -0.25) is 9.67 Å². The zero-order valence-electron chi connectivity index (χ0n) is 9.24. The van der Waals surface area contributed by atoms with Crippen molar-refractivity contribution >= 4 is 17.3 Å². The molecule has 0 fully saturated rings. The fourth-order valence-corrected chi connectivity index (χ4v) is 1.59. The summed E-state index contributed by atoms with van der Waals surface area (Å²) in [6, 6.07) is 1.76. The molecule has 2 aromatic rings. The largest absolute Gasteiger partial charge is 0.378 e. The quantitative estimate of drug-likeness (QED) is 0.890. The highest BCUT2D eigenvalue weighted by Crippen LogP contribution is 2.20. The van der Waals surface area contributed by atoms with E-state index in [9.17, 15) is 0 Å². The van der Waals surface area contributed by atoms with Gasteiger partial charge < -0.3 is 5.32 Å². The van der Waals surface area contributed by atoms with E-state index in [2.05, 4.69) is 15.4 Å². The van der Waals surface area contributed by atoms with Crippen LogP contribution in [0.4, 0.5) is 5.69 Å². The summed E-state index contributed by atoms with van der Waals surface area (Å²) in [7, 11) is 1.93. The van der Waals surface area contributed by atoms with E-state index in [1.54, 1.807) is 18.5 Å². The molecule has 0 bridgehead atoms. The number of hydrogen-bond acceptors (Lipinski definition) is 3.